The molecule has 1 amide bonds. The van der Waals surface area contributed by atoms with Gasteiger partial charge in [0, 0.05) is 34.4 Å². The zero-order chi connectivity index (χ0) is 20.9. The van der Waals surface area contributed by atoms with Gasteiger partial charge in [-0.05, 0) is 67.6 Å². The Morgan fingerprint density at radius 2 is 2.10 bits per heavy atom. The van der Waals surface area contributed by atoms with E-state index in [-0.39, 0.29) is 17.8 Å². The Hall–Kier alpha value is -3.06. The van der Waals surface area contributed by atoms with Gasteiger partial charge in [0.05, 0.1) is 6.42 Å². The van der Waals surface area contributed by atoms with Crippen LogP contribution in [-0.4, -0.2) is 36.7 Å². The quantitative estimate of drug-likeness (QED) is 0.604. The molecule has 3 aromatic rings. The van der Waals surface area contributed by atoms with Crippen LogP contribution in [-0.2, 0) is 24.1 Å². The maximum atomic E-state index is 13.7. The van der Waals surface area contributed by atoms with E-state index in [1.165, 1.54) is 17.3 Å². The summed E-state index contributed by atoms with van der Waals surface area (Å²) in [6.45, 7) is 2.04. The lowest BCUT2D eigenvalue weighted by Gasteiger charge is -2.29. The smallest absolute Gasteiger partial charge is 0.229 e. The molecule has 0 bridgehead atoms. The summed E-state index contributed by atoms with van der Waals surface area (Å²) in [6, 6.07) is 8.73. The zero-order valence-electron chi connectivity index (χ0n) is 17.1. The Morgan fingerprint density at radius 3 is 3.03 bits per heavy atom. The largest absolute Gasteiger partial charge is 0.485 e. The summed E-state index contributed by atoms with van der Waals surface area (Å²) >= 11 is 0. The molecule has 1 aromatic heterocycles. The molecule has 0 fully saturated rings. The highest BCUT2D eigenvalue weighted by Gasteiger charge is 2.30. The summed E-state index contributed by atoms with van der Waals surface area (Å²) in [5.41, 5.74) is 5.24. The lowest BCUT2D eigenvalue weighted by Crippen LogP contribution is -2.40. The first-order valence-electron chi connectivity index (χ1n) is 10.9. The third-order valence-electron chi connectivity index (χ3n) is 6.60. The number of hydrogen-bond donors (Lipinski definition) is 3. The molecule has 2 aliphatic heterocycles. The second-order valence-electron chi connectivity index (χ2n) is 8.73. The number of fused-ring (bicyclic) bond motifs is 6. The molecule has 2 unspecified atom stereocenters. The van der Waals surface area contributed by atoms with Crippen LogP contribution in [0.25, 0.3) is 10.9 Å². The van der Waals surface area contributed by atoms with E-state index in [4.69, 9.17) is 9.47 Å². The van der Waals surface area contributed by atoms with Gasteiger partial charge in [0.25, 0.3) is 0 Å². The number of rotatable bonds is 4. The van der Waals surface area contributed by atoms with E-state index in [1.807, 2.05) is 18.2 Å². The van der Waals surface area contributed by atoms with Crippen molar-refractivity contribution in [1.29, 1.82) is 0 Å². The monoisotopic (exact) mass is 421 g/mol. The predicted octanol–water partition coefficient (Wildman–Crippen LogP) is 3.34. The van der Waals surface area contributed by atoms with Crippen LogP contribution in [0.1, 0.15) is 23.2 Å². The lowest BCUT2D eigenvalue weighted by atomic mass is 9.86. The third-order valence-corrected chi connectivity index (χ3v) is 6.60. The van der Waals surface area contributed by atoms with Crippen LogP contribution in [0, 0.1) is 11.7 Å². The number of anilines is 1. The van der Waals surface area contributed by atoms with Crippen molar-refractivity contribution >= 4 is 22.5 Å². The van der Waals surface area contributed by atoms with Crippen LogP contribution in [0.4, 0.5) is 10.1 Å². The van der Waals surface area contributed by atoms with Crippen molar-refractivity contribution in [1.82, 2.24) is 10.3 Å². The standard InChI is InChI=1S/C24H24FN3O3/c25-14-2-4-20-17(8-14)16-7-13(1-3-19(16)27-20)10-26-11-15-12-30-24-18-9-23(29)28-21(18)5-6-22(24)31-15/h2,4-6,8,13,15,26-27H,1,3,7,9-12H2,(H,28,29). The number of carbonyl (C=O) groups excluding carboxylic acids is 1. The summed E-state index contributed by atoms with van der Waals surface area (Å²) in [5, 5.41) is 7.40. The molecule has 0 saturated heterocycles. The molecule has 1 aliphatic carbocycles. The summed E-state index contributed by atoms with van der Waals surface area (Å²) < 4.78 is 25.8. The Bertz CT molecular complexity index is 1190. The second-order valence-corrected chi connectivity index (χ2v) is 8.73. The highest BCUT2D eigenvalue weighted by atomic mass is 19.1. The second kappa shape index (κ2) is 7.27. The number of H-pyrrole nitrogens is 1. The summed E-state index contributed by atoms with van der Waals surface area (Å²) in [6.07, 6.45) is 3.31. The molecular weight excluding hydrogens is 397 g/mol. The molecule has 3 N–H and O–H groups in total. The average molecular weight is 421 g/mol. The fourth-order valence-corrected chi connectivity index (χ4v) is 5.08. The van der Waals surface area contributed by atoms with Crippen LogP contribution in [0.2, 0.25) is 0 Å². The van der Waals surface area contributed by atoms with Crippen LogP contribution in [0.5, 0.6) is 11.5 Å². The van der Waals surface area contributed by atoms with E-state index in [0.717, 1.165) is 48.0 Å². The van der Waals surface area contributed by atoms with Gasteiger partial charge in [0.15, 0.2) is 11.5 Å². The Balaban J connectivity index is 1.07. The molecule has 160 valence electrons. The molecular formula is C24H24FN3O3. The number of aromatic amines is 1. The van der Waals surface area contributed by atoms with Crippen molar-refractivity contribution in [2.45, 2.75) is 31.8 Å². The highest BCUT2D eigenvalue weighted by molar-refractivity contribution is 6.00. The van der Waals surface area contributed by atoms with Crippen LogP contribution < -0.4 is 20.1 Å². The van der Waals surface area contributed by atoms with E-state index >= 15 is 0 Å². The highest BCUT2D eigenvalue weighted by Crippen LogP contribution is 2.41. The summed E-state index contributed by atoms with van der Waals surface area (Å²) in [5.74, 6) is 1.71. The molecule has 31 heavy (non-hydrogen) atoms. The van der Waals surface area contributed by atoms with Gasteiger partial charge in [-0.15, -0.1) is 0 Å². The van der Waals surface area contributed by atoms with Gasteiger partial charge in [-0.2, -0.15) is 0 Å². The molecule has 2 atom stereocenters. The van der Waals surface area contributed by atoms with Gasteiger partial charge in [-0.1, -0.05) is 0 Å². The van der Waals surface area contributed by atoms with Gasteiger partial charge < -0.3 is 25.1 Å². The summed E-state index contributed by atoms with van der Waals surface area (Å²) in [7, 11) is 0. The van der Waals surface area contributed by atoms with Crippen LogP contribution in [0.15, 0.2) is 30.3 Å². The number of aryl methyl sites for hydroxylation is 1. The molecule has 6 nitrogen and oxygen atoms in total. The molecule has 3 heterocycles. The molecule has 0 saturated carbocycles. The maximum Gasteiger partial charge on any atom is 0.229 e. The molecule has 6 rings (SSSR count). The van der Waals surface area contributed by atoms with E-state index < -0.39 is 0 Å². The van der Waals surface area contributed by atoms with E-state index in [1.54, 1.807) is 6.07 Å². The Kier molecular flexibility index (Phi) is 4.38. The minimum absolute atomic E-state index is 0.00984. The topological polar surface area (TPSA) is 75.4 Å². The van der Waals surface area contributed by atoms with Crippen LogP contribution >= 0.6 is 0 Å². The van der Waals surface area contributed by atoms with Gasteiger partial charge >= 0.3 is 0 Å². The molecule has 3 aliphatic rings. The Morgan fingerprint density at radius 1 is 1.16 bits per heavy atom. The first-order chi connectivity index (χ1) is 15.1. The van der Waals surface area contributed by atoms with E-state index in [0.29, 0.717) is 37.0 Å². The molecule has 0 radical (unpaired) electrons. The van der Waals surface area contributed by atoms with Gasteiger partial charge in [0.1, 0.15) is 18.5 Å². The number of amides is 1. The first-order valence-corrected chi connectivity index (χ1v) is 10.9. The summed E-state index contributed by atoms with van der Waals surface area (Å²) in [4.78, 5) is 15.1. The Labute approximate surface area is 179 Å². The fourth-order valence-electron chi connectivity index (χ4n) is 5.08. The van der Waals surface area contributed by atoms with Crippen molar-refractivity contribution in [2.75, 3.05) is 25.0 Å². The van der Waals surface area contributed by atoms with E-state index in [2.05, 4.69) is 15.6 Å². The zero-order valence-corrected chi connectivity index (χ0v) is 17.1. The normalized spacial score (nSPS) is 21.6. The number of halogens is 1. The van der Waals surface area contributed by atoms with Crippen molar-refractivity contribution in [3.63, 3.8) is 0 Å². The van der Waals surface area contributed by atoms with E-state index in [9.17, 15) is 9.18 Å². The minimum atomic E-state index is -0.185. The number of nitrogens with one attached hydrogen (secondary N) is 3. The lowest BCUT2D eigenvalue weighted by molar-refractivity contribution is -0.115. The van der Waals surface area contributed by atoms with Crippen molar-refractivity contribution in [3.05, 3.63) is 53.0 Å². The maximum absolute atomic E-state index is 13.7. The minimum Gasteiger partial charge on any atom is -0.485 e. The SMILES string of the molecule is O=C1Cc2c(ccc3c2OCC(CNCC2CCc4[nH]c5ccc(F)cc5c4C2)O3)N1. The predicted molar refractivity (Wildman–Crippen MR) is 115 cm³/mol. The molecule has 7 heteroatoms. The van der Waals surface area contributed by atoms with Crippen molar-refractivity contribution < 1.29 is 18.7 Å². The van der Waals surface area contributed by atoms with Gasteiger partial charge in [0.2, 0.25) is 5.91 Å². The number of benzene rings is 2. The number of aromatic nitrogens is 1. The fraction of sp³-hybridized carbons (Fsp3) is 0.375. The molecule has 2 aromatic carbocycles. The van der Waals surface area contributed by atoms with Crippen molar-refractivity contribution in [2.24, 2.45) is 5.92 Å². The average Bonchev–Trinajstić information content (AvgIpc) is 3.33. The van der Waals surface area contributed by atoms with Crippen LogP contribution in [0.3, 0.4) is 0 Å². The first kappa shape index (κ1) is 18.7. The third kappa shape index (κ3) is 3.33. The van der Waals surface area contributed by atoms with Gasteiger partial charge in [-0.25, -0.2) is 4.39 Å². The number of ether oxygens (including phenoxy) is 2. The van der Waals surface area contributed by atoms with Crippen molar-refractivity contribution in [3.8, 4) is 11.5 Å². The van der Waals surface area contributed by atoms with Gasteiger partial charge in [-0.3, -0.25) is 4.79 Å². The number of carbonyl (C=O) groups is 1. The number of hydrogen-bond acceptors (Lipinski definition) is 4. The molecule has 0 spiro atoms.